The minimum Gasteiger partial charge on any atom is -0.335 e. The quantitative estimate of drug-likeness (QED) is 0.843. The van der Waals surface area contributed by atoms with Gasteiger partial charge in [-0.3, -0.25) is 4.99 Å². The van der Waals surface area contributed by atoms with Gasteiger partial charge in [-0.05, 0) is 24.5 Å². The molecule has 0 spiro atoms. The molecule has 0 bridgehead atoms. The molecule has 0 radical (unpaired) electrons. The predicted molar refractivity (Wildman–Crippen MR) is 73.5 cm³/mol. The van der Waals surface area contributed by atoms with Crippen LogP contribution in [0.25, 0.3) is 0 Å². The highest BCUT2D eigenvalue weighted by Gasteiger charge is 2.15. The Morgan fingerprint density at radius 3 is 2.75 bits per heavy atom. The zero-order valence-electron chi connectivity index (χ0n) is 10.0. The van der Waals surface area contributed by atoms with Crippen molar-refractivity contribution in [1.29, 1.82) is 0 Å². The second-order valence-electron chi connectivity index (χ2n) is 4.46. The first-order chi connectivity index (χ1) is 7.66. The van der Waals surface area contributed by atoms with Crippen LogP contribution in [0.5, 0.6) is 0 Å². The van der Waals surface area contributed by atoms with Gasteiger partial charge in [0.15, 0.2) is 5.17 Å². The molecule has 2 rings (SSSR count). The van der Waals surface area contributed by atoms with Crippen LogP contribution in [-0.4, -0.2) is 17.0 Å². The molecule has 1 aliphatic heterocycles. The van der Waals surface area contributed by atoms with Crippen LogP contribution in [0.4, 0.5) is 5.69 Å². The summed E-state index contributed by atoms with van der Waals surface area (Å²) in [7, 11) is 0. The van der Waals surface area contributed by atoms with Crippen LogP contribution in [0.3, 0.4) is 0 Å². The van der Waals surface area contributed by atoms with Gasteiger partial charge in [-0.2, -0.15) is 0 Å². The topological polar surface area (TPSA) is 24.4 Å². The van der Waals surface area contributed by atoms with Crippen LogP contribution in [-0.2, 0) is 0 Å². The summed E-state index contributed by atoms with van der Waals surface area (Å²) in [4.78, 5) is 4.55. The molecule has 16 heavy (non-hydrogen) atoms. The highest BCUT2D eigenvalue weighted by atomic mass is 32.2. The van der Waals surface area contributed by atoms with E-state index < -0.39 is 0 Å². The largest absolute Gasteiger partial charge is 0.335 e. The fraction of sp³-hybridized carbons (Fsp3) is 0.462. The van der Waals surface area contributed by atoms with Gasteiger partial charge < -0.3 is 5.32 Å². The summed E-state index contributed by atoms with van der Waals surface area (Å²) in [6, 6.07) is 8.90. The lowest BCUT2D eigenvalue weighted by molar-refractivity contribution is 0.862. The number of hydrogen-bond donors (Lipinski definition) is 1. The molecule has 0 saturated carbocycles. The number of benzene rings is 1. The summed E-state index contributed by atoms with van der Waals surface area (Å²) in [6.45, 7) is 6.58. The smallest absolute Gasteiger partial charge is 0.161 e. The van der Waals surface area contributed by atoms with E-state index in [9.17, 15) is 0 Å². The monoisotopic (exact) mass is 234 g/mol. The average molecular weight is 234 g/mol. The maximum Gasteiger partial charge on any atom is 0.161 e. The molecule has 3 heteroatoms. The van der Waals surface area contributed by atoms with E-state index >= 15 is 0 Å². The minimum atomic E-state index is 0.443. The maximum absolute atomic E-state index is 4.55. The van der Waals surface area contributed by atoms with Crippen molar-refractivity contribution in [2.45, 2.75) is 32.7 Å². The standard InChI is InChI=1S/C13H18N2S/c1-9(2)11-6-4-5-7-12(11)15-13-14-10(3)8-16-13/h4-7,9-10H,8H2,1-3H3,(H,14,15)/t10-/m1/s1. The van der Waals surface area contributed by atoms with Gasteiger partial charge in [0.25, 0.3) is 0 Å². The summed E-state index contributed by atoms with van der Waals surface area (Å²) in [5.41, 5.74) is 2.54. The Hall–Kier alpha value is -0.960. The molecule has 2 nitrogen and oxygen atoms in total. The fourth-order valence-electron chi connectivity index (χ4n) is 1.77. The molecular formula is C13H18N2S. The number of para-hydroxylation sites is 1. The van der Waals surface area contributed by atoms with Crippen molar-refractivity contribution < 1.29 is 0 Å². The fourth-order valence-corrected chi connectivity index (χ4v) is 2.68. The van der Waals surface area contributed by atoms with Crippen LogP contribution in [0.2, 0.25) is 0 Å². The number of thioether (sulfide) groups is 1. The second-order valence-corrected chi connectivity index (χ2v) is 5.47. The molecule has 86 valence electrons. The lowest BCUT2D eigenvalue weighted by Gasteiger charge is -2.13. The van der Waals surface area contributed by atoms with E-state index in [4.69, 9.17) is 0 Å². The van der Waals surface area contributed by atoms with Crippen molar-refractivity contribution in [3.63, 3.8) is 0 Å². The van der Waals surface area contributed by atoms with E-state index in [1.165, 1.54) is 11.3 Å². The average Bonchev–Trinajstić information content (AvgIpc) is 2.64. The first-order valence-electron chi connectivity index (χ1n) is 5.73. The summed E-state index contributed by atoms with van der Waals surface area (Å²) >= 11 is 1.80. The van der Waals surface area contributed by atoms with Crippen LogP contribution in [0.1, 0.15) is 32.3 Å². The second kappa shape index (κ2) is 4.91. The maximum atomic E-state index is 4.55. The van der Waals surface area contributed by atoms with Gasteiger partial charge in [0.2, 0.25) is 0 Å². The normalized spacial score (nSPS) is 20.0. The summed E-state index contributed by atoms with van der Waals surface area (Å²) < 4.78 is 0. The van der Waals surface area contributed by atoms with Gasteiger partial charge in [-0.1, -0.05) is 43.8 Å². The molecule has 1 N–H and O–H groups in total. The van der Waals surface area contributed by atoms with E-state index in [-0.39, 0.29) is 0 Å². The third kappa shape index (κ3) is 2.59. The lowest BCUT2D eigenvalue weighted by Crippen LogP contribution is -2.07. The zero-order chi connectivity index (χ0) is 11.5. The number of aliphatic imine (C=N–C) groups is 1. The Morgan fingerprint density at radius 2 is 2.12 bits per heavy atom. The van der Waals surface area contributed by atoms with Gasteiger partial charge in [-0.15, -0.1) is 0 Å². The van der Waals surface area contributed by atoms with Crippen LogP contribution >= 0.6 is 11.8 Å². The molecule has 0 aliphatic carbocycles. The van der Waals surface area contributed by atoms with Crippen molar-refractivity contribution in [3.05, 3.63) is 29.8 Å². The highest BCUT2D eigenvalue weighted by molar-refractivity contribution is 8.14. The Labute approximate surface area is 102 Å². The molecule has 1 aromatic carbocycles. The first-order valence-corrected chi connectivity index (χ1v) is 6.72. The van der Waals surface area contributed by atoms with Crippen molar-refractivity contribution in [2.75, 3.05) is 11.1 Å². The van der Waals surface area contributed by atoms with E-state index in [0.29, 0.717) is 12.0 Å². The third-order valence-corrected chi connectivity index (χ3v) is 3.75. The number of anilines is 1. The van der Waals surface area contributed by atoms with Crippen LogP contribution in [0.15, 0.2) is 29.3 Å². The summed E-state index contributed by atoms with van der Waals surface area (Å²) in [5.74, 6) is 1.62. The molecule has 0 saturated heterocycles. The number of rotatable bonds is 2. The van der Waals surface area contributed by atoms with Crippen molar-refractivity contribution in [1.82, 2.24) is 0 Å². The zero-order valence-corrected chi connectivity index (χ0v) is 10.8. The van der Waals surface area contributed by atoms with E-state index in [1.54, 1.807) is 11.8 Å². The van der Waals surface area contributed by atoms with Gasteiger partial charge in [-0.25, -0.2) is 0 Å². The molecule has 0 fully saturated rings. The van der Waals surface area contributed by atoms with Crippen LogP contribution in [0, 0.1) is 0 Å². The molecule has 0 aromatic heterocycles. The number of nitrogens with zero attached hydrogens (tertiary/aromatic N) is 1. The Kier molecular flexibility index (Phi) is 3.54. The Bertz CT molecular complexity index is 399. The van der Waals surface area contributed by atoms with E-state index in [2.05, 4.69) is 55.3 Å². The van der Waals surface area contributed by atoms with E-state index in [1.807, 2.05) is 0 Å². The molecule has 0 unspecified atom stereocenters. The minimum absolute atomic E-state index is 0.443. The molecule has 1 aliphatic rings. The molecular weight excluding hydrogens is 216 g/mol. The predicted octanol–water partition coefficient (Wildman–Crippen LogP) is 3.71. The van der Waals surface area contributed by atoms with Crippen LogP contribution < -0.4 is 5.32 Å². The number of hydrogen-bond acceptors (Lipinski definition) is 3. The SMILES string of the molecule is CC(C)c1ccccc1NC1=N[C@H](C)CS1. The molecule has 0 amide bonds. The Balaban J connectivity index is 2.18. The van der Waals surface area contributed by atoms with Gasteiger partial charge in [0.1, 0.15) is 0 Å². The van der Waals surface area contributed by atoms with Gasteiger partial charge in [0.05, 0.1) is 6.04 Å². The number of nitrogens with one attached hydrogen (secondary N) is 1. The third-order valence-electron chi connectivity index (χ3n) is 2.62. The highest BCUT2D eigenvalue weighted by Crippen LogP contribution is 2.26. The molecule has 1 heterocycles. The van der Waals surface area contributed by atoms with E-state index in [0.717, 1.165) is 10.9 Å². The Morgan fingerprint density at radius 1 is 1.38 bits per heavy atom. The number of amidine groups is 1. The van der Waals surface area contributed by atoms with Crippen molar-refractivity contribution >= 4 is 22.6 Å². The first kappa shape index (κ1) is 11.5. The lowest BCUT2D eigenvalue weighted by atomic mass is 10.0. The molecule has 1 atom stereocenters. The summed E-state index contributed by atoms with van der Waals surface area (Å²) in [6.07, 6.45) is 0. The van der Waals surface area contributed by atoms with Crippen molar-refractivity contribution in [3.8, 4) is 0 Å². The molecule has 1 aromatic rings. The van der Waals surface area contributed by atoms with Gasteiger partial charge >= 0.3 is 0 Å². The van der Waals surface area contributed by atoms with Crippen molar-refractivity contribution in [2.24, 2.45) is 4.99 Å². The summed E-state index contributed by atoms with van der Waals surface area (Å²) in [5, 5.41) is 4.49. The van der Waals surface area contributed by atoms with Gasteiger partial charge in [0, 0.05) is 11.4 Å².